The number of nitrogens with one attached hydrogen (secondary N) is 1. The Labute approximate surface area is 177 Å². The average Bonchev–Trinajstić information content (AvgIpc) is 2.99. The molecule has 0 fully saturated rings. The first kappa shape index (κ1) is 20.4. The largest absolute Gasteiger partial charge is 0.416 e. The highest BCUT2D eigenvalue weighted by Gasteiger charge is 2.31. The van der Waals surface area contributed by atoms with E-state index in [1.165, 1.54) is 0 Å². The van der Waals surface area contributed by atoms with Gasteiger partial charge in [-0.1, -0.05) is 41.6 Å². The zero-order chi connectivity index (χ0) is 21.5. The van der Waals surface area contributed by atoms with Gasteiger partial charge in [-0.05, 0) is 24.3 Å². The highest BCUT2D eigenvalue weighted by Crippen LogP contribution is 2.34. The Morgan fingerprint density at radius 1 is 1.20 bits per heavy atom. The van der Waals surface area contributed by atoms with Crippen molar-refractivity contribution >= 4 is 57.0 Å². The minimum atomic E-state index is -4.54. The van der Waals surface area contributed by atoms with Gasteiger partial charge in [0.2, 0.25) is 11.1 Å². The molecule has 0 atom stereocenters. The Morgan fingerprint density at radius 3 is 2.73 bits per heavy atom. The molecule has 0 aliphatic rings. The van der Waals surface area contributed by atoms with Gasteiger partial charge in [-0.2, -0.15) is 13.2 Å². The van der Waals surface area contributed by atoms with Crippen molar-refractivity contribution in [2.24, 2.45) is 7.05 Å². The number of hydrogen-bond donors (Lipinski definition) is 1. The summed E-state index contributed by atoms with van der Waals surface area (Å²) in [5.41, 5.74) is 1.21. The third kappa shape index (κ3) is 3.92. The summed E-state index contributed by atoms with van der Waals surface area (Å²) in [7, 11) is 1.86. The number of benzene rings is 2. The lowest BCUT2D eigenvalue weighted by Gasteiger charge is -2.11. The molecule has 0 aliphatic heterocycles. The molecule has 0 saturated carbocycles. The van der Waals surface area contributed by atoms with Crippen molar-refractivity contribution in [3.05, 3.63) is 53.1 Å². The van der Waals surface area contributed by atoms with Crippen LogP contribution in [0.1, 0.15) is 5.56 Å². The first-order valence-corrected chi connectivity index (χ1v) is 9.97. The van der Waals surface area contributed by atoms with Gasteiger partial charge in [0.15, 0.2) is 5.65 Å². The van der Waals surface area contributed by atoms with Gasteiger partial charge in [-0.3, -0.25) is 4.79 Å². The molecule has 30 heavy (non-hydrogen) atoms. The molecule has 2 aromatic heterocycles. The molecule has 2 aromatic carbocycles. The van der Waals surface area contributed by atoms with Crippen molar-refractivity contribution in [1.29, 1.82) is 0 Å². The molecule has 4 rings (SSSR count). The van der Waals surface area contributed by atoms with E-state index in [-0.39, 0.29) is 21.6 Å². The summed E-state index contributed by atoms with van der Waals surface area (Å²) in [5, 5.41) is 11.9. The van der Waals surface area contributed by atoms with Crippen LogP contribution in [-0.2, 0) is 18.0 Å². The highest BCUT2D eigenvalue weighted by atomic mass is 35.5. The molecule has 0 bridgehead atoms. The zero-order valence-corrected chi connectivity index (χ0v) is 16.9. The first-order chi connectivity index (χ1) is 14.2. The normalized spacial score (nSPS) is 11.9. The second-order valence-corrected chi connectivity index (χ2v) is 7.72. The number of nitrogens with zero attached hydrogens (tertiary/aromatic N) is 4. The molecule has 0 radical (unpaired) electrons. The maximum atomic E-state index is 12.9. The topological polar surface area (TPSA) is 72.7 Å². The van der Waals surface area contributed by atoms with Crippen molar-refractivity contribution < 1.29 is 18.0 Å². The maximum absolute atomic E-state index is 12.9. The summed E-state index contributed by atoms with van der Waals surface area (Å²) >= 11 is 6.92. The van der Waals surface area contributed by atoms with Crippen LogP contribution >= 0.6 is 23.4 Å². The second kappa shape index (κ2) is 7.77. The van der Waals surface area contributed by atoms with E-state index in [1.807, 2.05) is 35.9 Å². The van der Waals surface area contributed by atoms with Gasteiger partial charge < -0.3 is 9.88 Å². The minimum absolute atomic E-state index is 0.0104. The summed E-state index contributed by atoms with van der Waals surface area (Å²) < 4.78 is 40.5. The second-order valence-electron chi connectivity index (χ2n) is 6.37. The summed E-state index contributed by atoms with van der Waals surface area (Å²) in [6, 6.07) is 10.4. The molecule has 0 spiro atoms. The van der Waals surface area contributed by atoms with Crippen molar-refractivity contribution in [2.45, 2.75) is 11.3 Å². The maximum Gasteiger partial charge on any atom is 0.416 e. The number of para-hydroxylation sites is 1. The predicted octanol–water partition coefficient (Wildman–Crippen LogP) is 4.92. The number of anilines is 1. The number of carbonyl (C=O) groups is 1. The molecule has 6 nitrogen and oxygen atoms in total. The summed E-state index contributed by atoms with van der Waals surface area (Å²) in [6.07, 6.45) is -4.54. The Morgan fingerprint density at radius 2 is 1.97 bits per heavy atom. The van der Waals surface area contributed by atoms with Crippen LogP contribution in [0.4, 0.5) is 18.9 Å². The van der Waals surface area contributed by atoms with Crippen molar-refractivity contribution in [1.82, 2.24) is 19.7 Å². The molecule has 0 aliphatic carbocycles. The van der Waals surface area contributed by atoms with Gasteiger partial charge in [0.05, 0.1) is 27.5 Å². The van der Waals surface area contributed by atoms with Gasteiger partial charge in [0.25, 0.3) is 0 Å². The molecule has 1 N–H and O–H groups in total. The number of amides is 1. The number of hydrogen-bond acceptors (Lipinski definition) is 5. The molecule has 154 valence electrons. The van der Waals surface area contributed by atoms with Crippen molar-refractivity contribution in [3.8, 4) is 0 Å². The van der Waals surface area contributed by atoms with Gasteiger partial charge in [0, 0.05) is 12.4 Å². The molecule has 0 unspecified atom stereocenters. The lowest BCUT2D eigenvalue weighted by molar-refractivity contribution is -0.137. The molecule has 2 heterocycles. The van der Waals surface area contributed by atoms with Gasteiger partial charge in [-0.25, -0.2) is 4.98 Å². The van der Waals surface area contributed by atoms with E-state index in [0.717, 1.165) is 40.9 Å². The van der Waals surface area contributed by atoms with Crippen LogP contribution in [-0.4, -0.2) is 31.4 Å². The van der Waals surface area contributed by atoms with Crippen LogP contribution < -0.4 is 5.32 Å². The zero-order valence-electron chi connectivity index (χ0n) is 15.4. The molecule has 11 heteroatoms. The fourth-order valence-corrected chi connectivity index (χ4v) is 3.71. The summed E-state index contributed by atoms with van der Waals surface area (Å²) in [4.78, 5) is 16.7. The highest BCUT2D eigenvalue weighted by molar-refractivity contribution is 7.99. The minimum Gasteiger partial charge on any atom is -0.327 e. The van der Waals surface area contributed by atoms with E-state index in [0.29, 0.717) is 11.2 Å². The van der Waals surface area contributed by atoms with E-state index in [2.05, 4.69) is 20.5 Å². The lowest BCUT2D eigenvalue weighted by atomic mass is 10.2. The van der Waals surface area contributed by atoms with E-state index >= 15 is 0 Å². The third-order valence-electron chi connectivity index (χ3n) is 4.39. The molecule has 4 aromatic rings. The number of carbonyl (C=O) groups excluding carboxylic acids is 1. The summed E-state index contributed by atoms with van der Waals surface area (Å²) in [6.45, 7) is 0. The number of aromatic nitrogens is 4. The lowest BCUT2D eigenvalue weighted by Crippen LogP contribution is -2.15. The van der Waals surface area contributed by atoms with E-state index in [9.17, 15) is 18.0 Å². The quantitative estimate of drug-likeness (QED) is 0.446. The predicted molar refractivity (Wildman–Crippen MR) is 110 cm³/mol. The van der Waals surface area contributed by atoms with Gasteiger partial charge in [-0.15, -0.1) is 10.2 Å². The van der Waals surface area contributed by atoms with E-state index < -0.39 is 17.6 Å². The summed E-state index contributed by atoms with van der Waals surface area (Å²) in [5.74, 6) is -0.661. The van der Waals surface area contributed by atoms with Crippen LogP contribution in [0.2, 0.25) is 5.02 Å². The number of aryl methyl sites for hydroxylation is 1. The fourth-order valence-electron chi connectivity index (χ4n) is 2.97. The van der Waals surface area contributed by atoms with E-state index in [4.69, 9.17) is 11.6 Å². The smallest absolute Gasteiger partial charge is 0.327 e. The number of alkyl halides is 3. The number of rotatable bonds is 4. The first-order valence-electron chi connectivity index (χ1n) is 8.61. The number of thioether (sulfide) groups is 1. The third-order valence-corrected chi connectivity index (χ3v) is 5.55. The Hall–Kier alpha value is -2.85. The van der Waals surface area contributed by atoms with Crippen LogP contribution in [0.5, 0.6) is 0 Å². The number of fused-ring (bicyclic) bond motifs is 3. The fraction of sp³-hybridized carbons (Fsp3) is 0.158. The standard InChI is InChI=1S/C19H13ClF3N5OS/c1-28-14-5-3-2-4-11(14)16-17(28)25-18(27-26-16)30-9-15(29)24-13-8-10(19(21,22)23)6-7-12(13)20/h2-8H,9H2,1H3,(H,24,29). The van der Waals surface area contributed by atoms with Crippen LogP contribution in [0, 0.1) is 0 Å². The molecule has 0 saturated heterocycles. The average molecular weight is 452 g/mol. The molecular weight excluding hydrogens is 439 g/mol. The Balaban J connectivity index is 1.50. The van der Waals surface area contributed by atoms with E-state index in [1.54, 1.807) is 0 Å². The number of halogens is 4. The van der Waals surface area contributed by atoms with Gasteiger partial charge in [0.1, 0.15) is 5.52 Å². The van der Waals surface area contributed by atoms with Crippen molar-refractivity contribution in [2.75, 3.05) is 11.1 Å². The monoisotopic (exact) mass is 451 g/mol. The molecule has 1 amide bonds. The Bertz CT molecular complexity index is 1270. The van der Waals surface area contributed by atoms with Crippen LogP contribution in [0.3, 0.4) is 0 Å². The Kier molecular flexibility index (Phi) is 5.29. The van der Waals surface area contributed by atoms with Crippen LogP contribution in [0.25, 0.3) is 22.1 Å². The van der Waals surface area contributed by atoms with Crippen LogP contribution in [0.15, 0.2) is 47.6 Å². The van der Waals surface area contributed by atoms with Crippen molar-refractivity contribution in [3.63, 3.8) is 0 Å². The SMILES string of the molecule is Cn1c2ccccc2c2nnc(SCC(=O)Nc3cc(C(F)(F)F)ccc3Cl)nc21. The molecular formula is C19H13ClF3N5OS. The van der Waals surface area contributed by atoms with Gasteiger partial charge >= 0.3 is 6.18 Å².